The molecule has 0 aliphatic rings. The van der Waals surface area contributed by atoms with E-state index in [9.17, 15) is 0 Å². The van der Waals surface area contributed by atoms with E-state index in [1.165, 1.54) is 16.6 Å². The van der Waals surface area contributed by atoms with Gasteiger partial charge in [-0.2, -0.15) is 0 Å². The van der Waals surface area contributed by atoms with E-state index in [1.54, 1.807) is 0 Å². The molecule has 2 rings (SSSR count). The second kappa shape index (κ2) is 4.53. The number of pyridine rings is 1. The number of hydrogen-bond donors (Lipinski definition) is 3. The third-order valence-corrected chi connectivity index (χ3v) is 2.85. The Labute approximate surface area is 95.3 Å². The zero-order valence-corrected chi connectivity index (χ0v) is 9.80. The summed E-state index contributed by atoms with van der Waals surface area (Å²) in [4.78, 5) is 7.66. The van der Waals surface area contributed by atoms with Gasteiger partial charge in [0.2, 0.25) is 0 Å². The molecule has 0 unspecified atom stereocenters. The molecule has 0 saturated carbocycles. The molecule has 2 heterocycles. The Hall–Kier alpha value is -1.55. The van der Waals surface area contributed by atoms with Crippen molar-refractivity contribution in [2.24, 2.45) is 0 Å². The zero-order chi connectivity index (χ0) is 11.5. The Morgan fingerprint density at radius 3 is 2.94 bits per heavy atom. The molecule has 0 aliphatic carbocycles. The van der Waals surface area contributed by atoms with E-state index in [0.29, 0.717) is 5.82 Å². The summed E-state index contributed by atoms with van der Waals surface area (Å²) in [5.41, 5.74) is 9.21. The van der Waals surface area contributed by atoms with E-state index in [0.717, 1.165) is 25.0 Å². The van der Waals surface area contributed by atoms with Crippen LogP contribution in [0.15, 0.2) is 12.1 Å². The second-order valence-corrected chi connectivity index (χ2v) is 3.92. The first-order valence-corrected chi connectivity index (χ1v) is 5.66. The van der Waals surface area contributed by atoms with Crippen LogP contribution in [0.3, 0.4) is 0 Å². The van der Waals surface area contributed by atoms with Crippen molar-refractivity contribution in [1.82, 2.24) is 15.3 Å². The molecule has 0 amide bonds. The second-order valence-electron chi connectivity index (χ2n) is 3.92. The summed E-state index contributed by atoms with van der Waals surface area (Å²) < 4.78 is 0. The van der Waals surface area contributed by atoms with Crippen LogP contribution in [0.4, 0.5) is 5.82 Å². The molecule has 0 aliphatic heterocycles. The first-order valence-electron chi connectivity index (χ1n) is 5.66. The number of nitrogens with one attached hydrogen (secondary N) is 2. The molecule has 0 bridgehead atoms. The van der Waals surface area contributed by atoms with Gasteiger partial charge in [0.05, 0.1) is 0 Å². The van der Waals surface area contributed by atoms with Gasteiger partial charge in [0, 0.05) is 11.1 Å². The maximum Gasteiger partial charge on any atom is 0.140 e. The van der Waals surface area contributed by atoms with Gasteiger partial charge in [-0.05, 0) is 44.1 Å². The van der Waals surface area contributed by atoms with Crippen molar-refractivity contribution in [1.29, 1.82) is 0 Å². The number of anilines is 1. The van der Waals surface area contributed by atoms with Crippen LogP contribution in [0, 0.1) is 0 Å². The lowest BCUT2D eigenvalue weighted by Crippen LogP contribution is -2.11. The van der Waals surface area contributed by atoms with Gasteiger partial charge in [-0.15, -0.1) is 0 Å². The lowest BCUT2D eigenvalue weighted by molar-refractivity contribution is 0.787. The Morgan fingerprint density at radius 2 is 2.25 bits per heavy atom. The molecule has 2 aromatic rings. The quantitative estimate of drug-likeness (QED) is 0.728. The number of nitrogen functional groups attached to an aromatic ring is 1. The number of H-pyrrole nitrogens is 1. The Balaban J connectivity index is 2.50. The number of rotatable bonds is 4. The van der Waals surface area contributed by atoms with Crippen molar-refractivity contribution >= 4 is 16.9 Å². The number of aromatic nitrogens is 2. The zero-order valence-electron chi connectivity index (χ0n) is 9.80. The number of aromatic amines is 1. The molecule has 4 nitrogen and oxygen atoms in total. The standard InChI is InChI=1S/C12H18N4/c1-3-10-8(6-7-14-2)9-4-5-11(13)16-12(9)15-10/h4-5,14H,3,6-7H2,1-2H3,(H3,13,15,16). The van der Waals surface area contributed by atoms with Crippen molar-refractivity contribution in [2.75, 3.05) is 19.3 Å². The van der Waals surface area contributed by atoms with Gasteiger partial charge in [-0.1, -0.05) is 6.92 Å². The van der Waals surface area contributed by atoms with Crippen molar-refractivity contribution in [3.8, 4) is 0 Å². The Bertz CT molecular complexity index is 487. The summed E-state index contributed by atoms with van der Waals surface area (Å²) in [6.45, 7) is 3.13. The number of hydrogen-bond acceptors (Lipinski definition) is 3. The van der Waals surface area contributed by atoms with Crippen LogP contribution in [0.25, 0.3) is 11.0 Å². The smallest absolute Gasteiger partial charge is 0.140 e. The van der Waals surface area contributed by atoms with Crippen LogP contribution < -0.4 is 11.1 Å². The first kappa shape index (κ1) is 11.0. The van der Waals surface area contributed by atoms with Crippen LogP contribution in [0.2, 0.25) is 0 Å². The maximum absolute atomic E-state index is 5.68. The van der Waals surface area contributed by atoms with Crippen molar-refractivity contribution < 1.29 is 0 Å². The third kappa shape index (κ3) is 1.88. The lowest BCUT2D eigenvalue weighted by Gasteiger charge is -2.02. The molecule has 2 aromatic heterocycles. The van der Waals surface area contributed by atoms with Gasteiger partial charge >= 0.3 is 0 Å². The topological polar surface area (TPSA) is 66.7 Å². The summed E-state index contributed by atoms with van der Waals surface area (Å²) in [6, 6.07) is 3.91. The number of nitrogens with two attached hydrogens (primary N) is 1. The molecule has 4 N–H and O–H groups in total. The molecule has 0 atom stereocenters. The summed E-state index contributed by atoms with van der Waals surface area (Å²) in [6.07, 6.45) is 2.01. The predicted octanol–water partition coefficient (Wildman–Crippen LogP) is 1.47. The van der Waals surface area contributed by atoms with E-state index in [4.69, 9.17) is 5.73 Å². The largest absolute Gasteiger partial charge is 0.384 e. The number of nitrogens with zero attached hydrogens (tertiary/aromatic N) is 1. The molecule has 16 heavy (non-hydrogen) atoms. The Kier molecular flexibility index (Phi) is 3.10. The van der Waals surface area contributed by atoms with Gasteiger partial charge in [0.15, 0.2) is 0 Å². The first-order chi connectivity index (χ1) is 7.76. The monoisotopic (exact) mass is 218 g/mol. The highest BCUT2D eigenvalue weighted by molar-refractivity contribution is 5.82. The molecule has 0 fully saturated rings. The van der Waals surface area contributed by atoms with E-state index < -0.39 is 0 Å². The Morgan fingerprint density at radius 1 is 1.44 bits per heavy atom. The molecule has 0 radical (unpaired) electrons. The fourth-order valence-corrected chi connectivity index (χ4v) is 2.03. The average Bonchev–Trinajstić information content (AvgIpc) is 2.63. The van der Waals surface area contributed by atoms with Crippen molar-refractivity contribution in [2.45, 2.75) is 19.8 Å². The third-order valence-electron chi connectivity index (χ3n) is 2.85. The van der Waals surface area contributed by atoms with Gasteiger partial charge in [0.25, 0.3) is 0 Å². The highest BCUT2D eigenvalue weighted by Gasteiger charge is 2.10. The molecular weight excluding hydrogens is 200 g/mol. The minimum atomic E-state index is 0.566. The molecule has 0 spiro atoms. The molecule has 0 saturated heterocycles. The van der Waals surface area contributed by atoms with Gasteiger partial charge in [-0.3, -0.25) is 0 Å². The summed E-state index contributed by atoms with van der Waals surface area (Å²) >= 11 is 0. The summed E-state index contributed by atoms with van der Waals surface area (Å²) in [7, 11) is 1.97. The van der Waals surface area contributed by atoms with Crippen LogP contribution in [0.5, 0.6) is 0 Å². The fourth-order valence-electron chi connectivity index (χ4n) is 2.03. The van der Waals surface area contributed by atoms with Gasteiger partial charge < -0.3 is 16.0 Å². The van der Waals surface area contributed by atoms with E-state index in [2.05, 4.69) is 28.3 Å². The van der Waals surface area contributed by atoms with E-state index >= 15 is 0 Å². The average molecular weight is 218 g/mol. The van der Waals surface area contributed by atoms with Crippen LogP contribution in [0.1, 0.15) is 18.2 Å². The van der Waals surface area contributed by atoms with Crippen molar-refractivity contribution in [3.63, 3.8) is 0 Å². The molecule has 0 aromatic carbocycles. The molecule has 86 valence electrons. The minimum absolute atomic E-state index is 0.566. The van der Waals surface area contributed by atoms with Gasteiger partial charge in [-0.25, -0.2) is 4.98 Å². The van der Waals surface area contributed by atoms with E-state index in [-0.39, 0.29) is 0 Å². The normalized spacial score (nSPS) is 11.1. The van der Waals surface area contributed by atoms with Crippen LogP contribution in [-0.4, -0.2) is 23.6 Å². The maximum atomic E-state index is 5.68. The molecule has 4 heteroatoms. The van der Waals surface area contributed by atoms with Crippen LogP contribution >= 0.6 is 0 Å². The lowest BCUT2D eigenvalue weighted by atomic mass is 10.1. The van der Waals surface area contributed by atoms with Crippen LogP contribution in [-0.2, 0) is 12.8 Å². The number of fused-ring (bicyclic) bond motifs is 1. The molecular formula is C12H18N4. The number of likely N-dealkylation sites (N-methyl/N-ethyl adjacent to an activating group) is 1. The highest BCUT2D eigenvalue weighted by atomic mass is 14.9. The minimum Gasteiger partial charge on any atom is -0.384 e. The summed E-state index contributed by atoms with van der Waals surface area (Å²) in [5.74, 6) is 0.566. The fraction of sp³-hybridized carbons (Fsp3) is 0.417. The summed E-state index contributed by atoms with van der Waals surface area (Å²) in [5, 5.41) is 4.37. The predicted molar refractivity (Wildman–Crippen MR) is 67.5 cm³/mol. The van der Waals surface area contributed by atoms with Gasteiger partial charge in [0.1, 0.15) is 11.5 Å². The highest BCUT2D eigenvalue weighted by Crippen LogP contribution is 2.22. The SMILES string of the molecule is CCc1[nH]c2nc(N)ccc2c1CCNC. The number of aryl methyl sites for hydroxylation is 1. The van der Waals surface area contributed by atoms with E-state index in [1.807, 2.05) is 13.1 Å². The van der Waals surface area contributed by atoms with Crippen molar-refractivity contribution in [3.05, 3.63) is 23.4 Å².